The van der Waals surface area contributed by atoms with Gasteiger partial charge in [-0.1, -0.05) is 34.7 Å². The van der Waals surface area contributed by atoms with Gasteiger partial charge in [-0.05, 0) is 30.3 Å². The molecular formula is C17H13ClF3N5O2S2. The average molecular weight is 476 g/mol. The van der Waals surface area contributed by atoms with Crippen LogP contribution in [-0.2, 0) is 11.0 Å². The van der Waals surface area contributed by atoms with E-state index in [9.17, 15) is 18.0 Å². The lowest BCUT2D eigenvalue weighted by molar-refractivity contribution is -0.137. The number of carbonyl (C=O) groups excluding carboxylic acids is 1. The van der Waals surface area contributed by atoms with Crippen molar-refractivity contribution in [3.8, 4) is 5.75 Å². The van der Waals surface area contributed by atoms with E-state index in [1.807, 2.05) is 12.1 Å². The molecule has 0 aliphatic carbocycles. The van der Waals surface area contributed by atoms with Gasteiger partial charge in [-0.15, -0.1) is 10.2 Å². The van der Waals surface area contributed by atoms with Crippen molar-refractivity contribution in [2.45, 2.75) is 10.5 Å². The van der Waals surface area contributed by atoms with E-state index in [-0.39, 0.29) is 16.6 Å². The minimum Gasteiger partial charge on any atom is -0.497 e. The molecule has 13 heteroatoms. The van der Waals surface area contributed by atoms with Crippen LogP contribution in [0.3, 0.4) is 0 Å². The van der Waals surface area contributed by atoms with Gasteiger partial charge in [0.15, 0.2) is 10.2 Å². The lowest BCUT2D eigenvalue weighted by Gasteiger charge is -2.09. The molecule has 0 aliphatic heterocycles. The molecule has 0 aliphatic rings. The highest BCUT2D eigenvalue weighted by atomic mass is 35.5. The Bertz CT molecular complexity index is 1030. The molecule has 0 unspecified atom stereocenters. The van der Waals surface area contributed by atoms with Crippen LogP contribution in [-0.4, -0.2) is 34.0 Å². The van der Waals surface area contributed by atoms with Gasteiger partial charge in [0.1, 0.15) is 5.75 Å². The second-order valence-corrected chi connectivity index (χ2v) is 8.22. The zero-order valence-corrected chi connectivity index (χ0v) is 17.5. The van der Waals surface area contributed by atoms with Crippen LogP contribution in [0.2, 0.25) is 5.02 Å². The van der Waals surface area contributed by atoms with Gasteiger partial charge in [0.2, 0.25) is 11.0 Å². The summed E-state index contributed by atoms with van der Waals surface area (Å²) in [5.41, 5.74) is -0.199. The second kappa shape index (κ2) is 9.49. The molecule has 3 rings (SSSR count). The predicted molar refractivity (Wildman–Crippen MR) is 110 cm³/mol. The van der Waals surface area contributed by atoms with Crippen molar-refractivity contribution in [3.63, 3.8) is 0 Å². The number of halogens is 4. The number of hydrogen-bond donors (Lipinski definition) is 2. The maximum Gasteiger partial charge on any atom is 0.417 e. The van der Waals surface area contributed by atoms with E-state index < -0.39 is 17.6 Å². The van der Waals surface area contributed by atoms with Crippen LogP contribution in [0.5, 0.6) is 5.75 Å². The number of pyridine rings is 1. The Labute approximate surface area is 182 Å². The first-order valence-electron chi connectivity index (χ1n) is 8.14. The number of alkyl halides is 3. The molecular weight excluding hydrogens is 463 g/mol. The minimum absolute atomic E-state index is 0.0454. The number of nitrogens with one attached hydrogen (secondary N) is 2. The van der Waals surface area contributed by atoms with Crippen LogP contribution < -0.4 is 15.4 Å². The van der Waals surface area contributed by atoms with Gasteiger partial charge in [-0.3, -0.25) is 4.79 Å². The molecule has 0 atom stereocenters. The number of nitrogens with zero attached hydrogens (tertiary/aromatic N) is 3. The Morgan fingerprint density at radius 3 is 2.63 bits per heavy atom. The van der Waals surface area contributed by atoms with Crippen molar-refractivity contribution in [1.82, 2.24) is 15.2 Å². The number of amides is 1. The summed E-state index contributed by atoms with van der Waals surface area (Å²) in [6.45, 7) is 0. The molecule has 30 heavy (non-hydrogen) atoms. The van der Waals surface area contributed by atoms with Crippen LogP contribution in [0.15, 0.2) is 40.9 Å². The summed E-state index contributed by atoms with van der Waals surface area (Å²) in [6.07, 6.45) is -3.96. The highest BCUT2D eigenvalue weighted by Gasteiger charge is 2.31. The lowest BCUT2D eigenvalue weighted by Crippen LogP contribution is -2.16. The standard InChI is InChI=1S/C17H13ClF3N5O2S2/c1-28-11-4-2-10(3-5-11)23-15-25-26-16(30-15)29-8-13(27)24-14-12(18)6-9(7-22-14)17(19,20)21/h2-7H,8H2,1H3,(H,23,25)(H,22,24,27). The first-order valence-corrected chi connectivity index (χ1v) is 10.3. The third-order valence-corrected chi connectivity index (χ3v) is 5.76. The van der Waals surface area contributed by atoms with E-state index >= 15 is 0 Å². The second-order valence-electron chi connectivity index (χ2n) is 5.62. The van der Waals surface area contributed by atoms with Crippen molar-refractivity contribution in [2.75, 3.05) is 23.5 Å². The Balaban J connectivity index is 1.53. The molecule has 2 heterocycles. The van der Waals surface area contributed by atoms with Crippen LogP contribution in [0.4, 0.5) is 29.8 Å². The summed E-state index contributed by atoms with van der Waals surface area (Å²) in [4.78, 5) is 15.6. The zero-order valence-electron chi connectivity index (χ0n) is 15.2. The third kappa shape index (κ3) is 5.97. The average Bonchev–Trinajstić information content (AvgIpc) is 3.15. The Hall–Kier alpha value is -2.57. The monoisotopic (exact) mass is 475 g/mol. The fourth-order valence-corrected chi connectivity index (χ4v) is 3.88. The molecule has 3 aromatic rings. The quantitative estimate of drug-likeness (QED) is 0.460. The molecule has 1 amide bonds. The minimum atomic E-state index is -4.57. The first kappa shape index (κ1) is 22.1. The predicted octanol–water partition coefficient (Wildman–Crippen LogP) is 5.09. The maximum absolute atomic E-state index is 12.6. The van der Waals surface area contributed by atoms with Gasteiger partial charge in [-0.2, -0.15) is 13.2 Å². The highest BCUT2D eigenvalue weighted by Crippen LogP contribution is 2.33. The van der Waals surface area contributed by atoms with Crippen LogP contribution in [0, 0.1) is 0 Å². The van der Waals surface area contributed by atoms with Gasteiger partial charge in [0, 0.05) is 11.9 Å². The zero-order chi connectivity index (χ0) is 21.7. The number of rotatable bonds is 7. The molecule has 0 spiro atoms. The summed E-state index contributed by atoms with van der Waals surface area (Å²) < 4.78 is 43.5. The smallest absolute Gasteiger partial charge is 0.417 e. The summed E-state index contributed by atoms with van der Waals surface area (Å²) in [5.74, 6) is 0.0436. The van der Waals surface area contributed by atoms with Crippen LogP contribution in [0.25, 0.3) is 0 Å². The molecule has 0 saturated carbocycles. The first-order chi connectivity index (χ1) is 14.2. The fraction of sp³-hybridized carbons (Fsp3) is 0.176. The number of benzene rings is 1. The van der Waals surface area contributed by atoms with Crippen molar-refractivity contribution in [2.24, 2.45) is 0 Å². The molecule has 1 aromatic carbocycles. The van der Waals surface area contributed by atoms with Gasteiger partial charge in [0.05, 0.1) is 23.4 Å². The summed E-state index contributed by atoms with van der Waals surface area (Å²) >= 11 is 8.14. The highest BCUT2D eigenvalue weighted by molar-refractivity contribution is 8.01. The summed E-state index contributed by atoms with van der Waals surface area (Å²) in [7, 11) is 1.58. The molecule has 7 nitrogen and oxygen atoms in total. The molecule has 2 N–H and O–H groups in total. The number of methoxy groups -OCH3 is 1. The normalized spacial score (nSPS) is 11.2. The Morgan fingerprint density at radius 2 is 2.00 bits per heavy atom. The van der Waals surface area contributed by atoms with E-state index in [1.165, 1.54) is 11.3 Å². The van der Waals surface area contributed by atoms with Crippen molar-refractivity contribution < 1.29 is 22.7 Å². The van der Waals surface area contributed by atoms with Gasteiger partial charge in [0.25, 0.3) is 0 Å². The number of ether oxygens (including phenoxy) is 1. The lowest BCUT2D eigenvalue weighted by atomic mass is 10.3. The number of thioether (sulfide) groups is 1. The topological polar surface area (TPSA) is 89.0 Å². The molecule has 0 radical (unpaired) electrons. The Kier molecular flexibility index (Phi) is 7.00. The number of carbonyl (C=O) groups is 1. The van der Waals surface area contributed by atoms with Crippen LogP contribution >= 0.6 is 34.7 Å². The van der Waals surface area contributed by atoms with Gasteiger partial charge < -0.3 is 15.4 Å². The van der Waals surface area contributed by atoms with Crippen LogP contribution in [0.1, 0.15) is 5.56 Å². The number of aromatic nitrogens is 3. The summed E-state index contributed by atoms with van der Waals surface area (Å²) in [5, 5.41) is 13.7. The van der Waals surface area contributed by atoms with Gasteiger partial charge in [-0.25, -0.2) is 4.98 Å². The molecule has 0 fully saturated rings. The summed E-state index contributed by atoms with van der Waals surface area (Å²) in [6, 6.07) is 7.94. The van der Waals surface area contributed by atoms with E-state index in [4.69, 9.17) is 16.3 Å². The van der Waals surface area contributed by atoms with E-state index in [2.05, 4.69) is 25.8 Å². The third-order valence-electron chi connectivity index (χ3n) is 3.50. The van der Waals surface area contributed by atoms with E-state index in [1.54, 1.807) is 19.2 Å². The van der Waals surface area contributed by atoms with E-state index in [0.717, 1.165) is 23.2 Å². The van der Waals surface area contributed by atoms with Crippen molar-refractivity contribution >= 4 is 57.2 Å². The van der Waals surface area contributed by atoms with E-state index in [0.29, 0.717) is 21.7 Å². The molecule has 2 aromatic heterocycles. The Morgan fingerprint density at radius 1 is 1.27 bits per heavy atom. The molecule has 0 bridgehead atoms. The molecule has 0 saturated heterocycles. The van der Waals surface area contributed by atoms with Crippen molar-refractivity contribution in [1.29, 1.82) is 0 Å². The SMILES string of the molecule is COc1ccc(Nc2nnc(SCC(=O)Nc3ncc(C(F)(F)F)cc3Cl)s2)cc1. The fourth-order valence-electron chi connectivity index (χ4n) is 2.10. The largest absolute Gasteiger partial charge is 0.497 e. The maximum atomic E-state index is 12.6. The van der Waals surface area contributed by atoms with Gasteiger partial charge >= 0.3 is 6.18 Å². The molecule has 158 valence electrons. The van der Waals surface area contributed by atoms with Crippen molar-refractivity contribution in [3.05, 3.63) is 47.1 Å². The number of anilines is 3. The number of hydrogen-bond acceptors (Lipinski definition) is 8.